The summed E-state index contributed by atoms with van der Waals surface area (Å²) >= 11 is 0. The summed E-state index contributed by atoms with van der Waals surface area (Å²) in [6.45, 7) is 5.82. The van der Waals surface area contributed by atoms with E-state index in [1.165, 1.54) is 5.56 Å². The number of likely N-dealkylation sites (tertiary alicyclic amines) is 1. The van der Waals surface area contributed by atoms with Crippen LogP contribution in [0.4, 0.5) is 5.69 Å². The van der Waals surface area contributed by atoms with E-state index < -0.39 is 0 Å². The Labute approximate surface area is 160 Å². The zero-order valence-electron chi connectivity index (χ0n) is 16.1. The van der Waals surface area contributed by atoms with Crippen LogP contribution in [-0.2, 0) is 25.5 Å². The number of carbonyl (C=O) groups is 3. The van der Waals surface area contributed by atoms with E-state index in [-0.39, 0.29) is 36.0 Å². The van der Waals surface area contributed by atoms with Crippen LogP contribution in [0.2, 0.25) is 0 Å². The summed E-state index contributed by atoms with van der Waals surface area (Å²) in [7, 11) is 0. The Kier molecular flexibility index (Phi) is 6.14. The lowest BCUT2D eigenvalue weighted by molar-refractivity contribution is -0.151. The van der Waals surface area contributed by atoms with Crippen molar-refractivity contribution in [1.29, 1.82) is 0 Å². The molecule has 1 atom stereocenters. The van der Waals surface area contributed by atoms with Gasteiger partial charge in [-0.3, -0.25) is 14.4 Å². The van der Waals surface area contributed by atoms with E-state index in [0.29, 0.717) is 39.1 Å². The zero-order chi connectivity index (χ0) is 19.4. The van der Waals surface area contributed by atoms with Gasteiger partial charge in [-0.25, -0.2) is 0 Å². The Morgan fingerprint density at radius 1 is 1.07 bits per heavy atom. The van der Waals surface area contributed by atoms with Gasteiger partial charge in [0.15, 0.2) is 0 Å². The summed E-state index contributed by atoms with van der Waals surface area (Å²) in [5.41, 5.74) is 2.08. The summed E-state index contributed by atoms with van der Waals surface area (Å²) in [5, 5.41) is 0. The van der Waals surface area contributed by atoms with E-state index in [2.05, 4.69) is 6.92 Å². The number of hydrogen-bond acceptors (Lipinski definition) is 4. The summed E-state index contributed by atoms with van der Waals surface area (Å²) < 4.78 is 5.08. The number of nitrogens with zero attached hydrogens (tertiary/aromatic N) is 2. The number of benzene rings is 1. The first-order valence-corrected chi connectivity index (χ1v) is 9.88. The van der Waals surface area contributed by atoms with Gasteiger partial charge in [0, 0.05) is 31.7 Å². The second-order valence-electron chi connectivity index (χ2n) is 7.28. The largest absolute Gasteiger partial charge is 0.466 e. The predicted octanol–water partition coefficient (Wildman–Crippen LogP) is 2.40. The molecule has 2 amide bonds. The highest BCUT2D eigenvalue weighted by atomic mass is 16.5. The van der Waals surface area contributed by atoms with Crippen LogP contribution in [0.25, 0.3) is 0 Å². The predicted molar refractivity (Wildman–Crippen MR) is 102 cm³/mol. The van der Waals surface area contributed by atoms with Gasteiger partial charge < -0.3 is 14.5 Å². The first-order chi connectivity index (χ1) is 13.0. The van der Waals surface area contributed by atoms with Gasteiger partial charge in [-0.15, -0.1) is 0 Å². The van der Waals surface area contributed by atoms with E-state index in [9.17, 15) is 14.4 Å². The summed E-state index contributed by atoms with van der Waals surface area (Å²) in [5.74, 6) is -0.560. The second-order valence-corrected chi connectivity index (χ2v) is 7.28. The lowest BCUT2D eigenvalue weighted by atomic mass is 9.95. The molecule has 0 aromatic heterocycles. The van der Waals surface area contributed by atoms with Crippen LogP contribution in [0.15, 0.2) is 24.3 Å². The number of aryl methyl sites for hydroxylation is 1. The van der Waals surface area contributed by atoms with E-state index in [1.54, 1.807) is 16.7 Å². The van der Waals surface area contributed by atoms with Crippen molar-refractivity contribution in [2.45, 2.75) is 39.5 Å². The summed E-state index contributed by atoms with van der Waals surface area (Å²) in [4.78, 5) is 40.7. The Hall–Kier alpha value is -2.37. The molecule has 2 aliphatic heterocycles. The number of amides is 2. The molecular weight excluding hydrogens is 344 g/mol. The Bertz CT molecular complexity index is 693. The molecule has 0 N–H and O–H groups in total. The topological polar surface area (TPSA) is 66.9 Å². The number of piperidine rings is 1. The molecule has 2 fully saturated rings. The second kappa shape index (κ2) is 8.55. The molecule has 3 rings (SSSR count). The van der Waals surface area contributed by atoms with Crippen molar-refractivity contribution in [2.24, 2.45) is 11.8 Å². The maximum Gasteiger partial charge on any atom is 0.309 e. The molecule has 2 saturated heterocycles. The summed E-state index contributed by atoms with van der Waals surface area (Å²) in [6.07, 6.45) is 2.48. The van der Waals surface area contributed by atoms with Crippen molar-refractivity contribution in [3.05, 3.63) is 29.8 Å². The molecule has 1 aromatic carbocycles. The van der Waals surface area contributed by atoms with Crippen LogP contribution < -0.4 is 4.90 Å². The Balaban J connectivity index is 1.57. The zero-order valence-corrected chi connectivity index (χ0v) is 16.1. The molecule has 2 aliphatic rings. The van der Waals surface area contributed by atoms with Crippen molar-refractivity contribution in [3.63, 3.8) is 0 Å². The third-order valence-corrected chi connectivity index (χ3v) is 5.56. The van der Waals surface area contributed by atoms with Crippen LogP contribution in [0.3, 0.4) is 0 Å². The highest BCUT2D eigenvalue weighted by Gasteiger charge is 2.38. The fourth-order valence-corrected chi connectivity index (χ4v) is 3.89. The van der Waals surface area contributed by atoms with Crippen molar-refractivity contribution in [2.75, 3.05) is 31.1 Å². The van der Waals surface area contributed by atoms with Gasteiger partial charge in [0.25, 0.3) is 0 Å². The molecule has 1 unspecified atom stereocenters. The molecule has 6 nitrogen and oxygen atoms in total. The molecule has 0 bridgehead atoms. The SMILES string of the molecule is CCOC(=O)C1CCN(C(=O)C2CC(=O)N(c3ccc(CC)cc3)C2)CC1. The number of anilines is 1. The fourth-order valence-electron chi connectivity index (χ4n) is 3.89. The van der Waals surface area contributed by atoms with E-state index >= 15 is 0 Å². The van der Waals surface area contributed by atoms with Gasteiger partial charge in [-0.05, 0) is 43.9 Å². The van der Waals surface area contributed by atoms with Gasteiger partial charge in [0.1, 0.15) is 0 Å². The van der Waals surface area contributed by atoms with Crippen LogP contribution in [0.5, 0.6) is 0 Å². The third-order valence-electron chi connectivity index (χ3n) is 5.56. The highest BCUT2D eigenvalue weighted by Crippen LogP contribution is 2.28. The molecule has 1 aromatic rings. The van der Waals surface area contributed by atoms with Gasteiger partial charge >= 0.3 is 5.97 Å². The normalized spacial score (nSPS) is 20.8. The molecule has 6 heteroatoms. The van der Waals surface area contributed by atoms with E-state index in [4.69, 9.17) is 4.74 Å². The quantitative estimate of drug-likeness (QED) is 0.745. The van der Waals surface area contributed by atoms with Crippen LogP contribution in [0, 0.1) is 11.8 Å². The van der Waals surface area contributed by atoms with Gasteiger partial charge in [-0.2, -0.15) is 0 Å². The maximum absolute atomic E-state index is 12.9. The maximum atomic E-state index is 12.9. The standard InChI is InChI=1S/C21H28N2O4/c1-3-15-5-7-18(8-6-15)23-14-17(13-19(23)24)20(25)22-11-9-16(10-12-22)21(26)27-4-2/h5-8,16-17H,3-4,9-14H2,1-2H3. The molecule has 0 spiro atoms. The molecule has 146 valence electrons. The molecule has 27 heavy (non-hydrogen) atoms. The minimum Gasteiger partial charge on any atom is -0.466 e. The molecule has 0 saturated carbocycles. The monoisotopic (exact) mass is 372 g/mol. The van der Waals surface area contributed by atoms with Crippen LogP contribution >= 0.6 is 0 Å². The van der Waals surface area contributed by atoms with Gasteiger partial charge in [0.2, 0.25) is 11.8 Å². The summed E-state index contributed by atoms with van der Waals surface area (Å²) in [6, 6.07) is 7.96. The first-order valence-electron chi connectivity index (χ1n) is 9.88. The van der Waals surface area contributed by atoms with Crippen molar-refractivity contribution in [3.8, 4) is 0 Å². The third kappa shape index (κ3) is 4.31. The average molecular weight is 372 g/mol. The smallest absolute Gasteiger partial charge is 0.309 e. The lowest BCUT2D eigenvalue weighted by Crippen LogP contribution is -2.44. The van der Waals surface area contributed by atoms with Crippen molar-refractivity contribution in [1.82, 2.24) is 4.90 Å². The fraction of sp³-hybridized carbons (Fsp3) is 0.571. The molecule has 0 aliphatic carbocycles. The Morgan fingerprint density at radius 3 is 2.33 bits per heavy atom. The lowest BCUT2D eigenvalue weighted by Gasteiger charge is -2.32. The number of ether oxygens (including phenoxy) is 1. The number of hydrogen-bond donors (Lipinski definition) is 0. The van der Waals surface area contributed by atoms with Gasteiger partial charge in [-0.1, -0.05) is 19.1 Å². The number of rotatable bonds is 5. The van der Waals surface area contributed by atoms with Crippen molar-refractivity contribution >= 4 is 23.5 Å². The van der Waals surface area contributed by atoms with Crippen molar-refractivity contribution < 1.29 is 19.1 Å². The molecular formula is C21H28N2O4. The van der Waals surface area contributed by atoms with Crippen LogP contribution in [-0.4, -0.2) is 48.9 Å². The van der Waals surface area contributed by atoms with Crippen LogP contribution in [0.1, 0.15) is 38.7 Å². The molecule has 0 radical (unpaired) electrons. The minimum absolute atomic E-state index is 0.000919. The highest BCUT2D eigenvalue weighted by molar-refractivity contribution is 6.00. The average Bonchev–Trinajstić information content (AvgIpc) is 3.09. The van der Waals surface area contributed by atoms with Gasteiger partial charge in [0.05, 0.1) is 18.4 Å². The Morgan fingerprint density at radius 2 is 1.74 bits per heavy atom. The van der Waals surface area contributed by atoms with E-state index in [0.717, 1.165) is 12.1 Å². The molecule has 2 heterocycles. The minimum atomic E-state index is -0.303. The first kappa shape index (κ1) is 19.4. The number of esters is 1. The van der Waals surface area contributed by atoms with E-state index in [1.807, 2.05) is 24.3 Å². The number of carbonyl (C=O) groups excluding carboxylic acids is 3.